The Balaban J connectivity index is 2.09. The summed E-state index contributed by atoms with van der Waals surface area (Å²) in [5.41, 5.74) is 0. The van der Waals surface area contributed by atoms with Gasteiger partial charge < -0.3 is 20.3 Å². The van der Waals surface area contributed by atoms with Gasteiger partial charge in [0, 0.05) is 13.1 Å². The van der Waals surface area contributed by atoms with E-state index in [0.29, 0.717) is 6.54 Å². The summed E-state index contributed by atoms with van der Waals surface area (Å²) in [6, 6.07) is -0.555. The summed E-state index contributed by atoms with van der Waals surface area (Å²) in [4.78, 5) is 30.5. The zero-order valence-corrected chi connectivity index (χ0v) is 12.9. The summed E-state index contributed by atoms with van der Waals surface area (Å²) in [5, 5.41) is 5.89. The fourth-order valence-corrected chi connectivity index (χ4v) is 2.83. The Morgan fingerprint density at radius 1 is 1.48 bits per heavy atom. The zero-order valence-electron chi connectivity index (χ0n) is 12.9. The number of likely N-dealkylation sites (tertiary alicyclic amines) is 1. The fourth-order valence-electron chi connectivity index (χ4n) is 2.83. The Morgan fingerprint density at radius 2 is 2.24 bits per heavy atom. The van der Waals surface area contributed by atoms with E-state index in [4.69, 9.17) is 0 Å². The molecule has 7 nitrogen and oxygen atoms in total. The van der Waals surface area contributed by atoms with Crippen molar-refractivity contribution in [3.05, 3.63) is 0 Å². The number of nitrogens with zero attached hydrogens (tertiary/aromatic N) is 2. The van der Waals surface area contributed by atoms with Crippen LogP contribution in [0, 0.1) is 5.92 Å². The molecule has 1 saturated heterocycles. The SMILES string of the molecule is COC(=O)N[C@@H](C(=O)N1CCC[C@@H]1C1=NCCN1)C(C)C. The second kappa shape index (κ2) is 6.78. The minimum atomic E-state index is -0.575. The molecule has 2 rings (SSSR count). The third-order valence-corrected chi connectivity index (χ3v) is 3.94. The first-order valence-corrected chi connectivity index (χ1v) is 7.47. The summed E-state index contributed by atoms with van der Waals surface area (Å²) in [6.45, 7) is 6.13. The van der Waals surface area contributed by atoms with Gasteiger partial charge in [0.2, 0.25) is 5.91 Å². The second-order valence-electron chi connectivity index (χ2n) is 5.74. The molecule has 0 unspecified atom stereocenters. The molecule has 0 aromatic rings. The quantitative estimate of drug-likeness (QED) is 0.784. The van der Waals surface area contributed by atoms with Crippen LogP contribution in [0.1, 0.15) is 26.7 Å². The maximum absolute atomic E-state index is 12.8. The molecule has 2 atom stereocenters. The molecule has 1 fully saturated rings. The van der Waals surface area contributed by atoms with Crippen LogP contribution in [0.25, 0.3) is 0 Å². The van der Waals surface area contributed by atoms with E-state index >= 15 is 0 Å². The first kappa shape index (κ1) is 15.6. The third-order valence-electron chi connectivity index (χ3n) is 3.94. The van der Waals surface area contributed by atoms with Crippen LogP contribution < -0.4 is 10.6 Å². The zero-order chi connectivity index (χ0) is 15.4. The molecule has 2 aliphatic rings. The molecule has 118 valence electrons. The van der Waals surface area contributed by atoms with Crippen LogP contribution in [0.15, 0.2) is 4.99 Å². The normalized spacial score (nSPS) is 22.8. The topological polar surface area (TPSA) is 83.0 Å². The maximum atomic E-state index is 12.8. The van der Waals surface area contributed by atoms with Gasteiger partial charge in [-0.1, -0.05) is 13.8 Å². The van der Waals surface area contributed by atoms with Crippen LogP contribution in [-0.4, -0.2) is 61.6 Å². The van der Waals surface area contributed by atoms with E-state index in [2.05, 4.69) is 20.4 Å². The van der Waals surface area contributed by atoms with E-state index in [0.717, 1.165) is 31.8 Å². The molecule has 2 amide bonds. The minimum Gasteiger partial charge on any atom is -0.453 e. The van der Waals surface area contributed by atoms with Crippen molar-refractivity contribution in [2.24, 2.45) is 10.9 Å². The van der Waals surface area contributed by atoms with Gasteiger partial charge >= 0.3 is 6.09 Å². The number of hydrogen-bond donors (Lipinski definition) is 2. The summed E-state index contributed by atoms with van der Waals surface area (Å²) in [6.07, 6.45) is 1.30. The van der Waals surface area contributed by atoms with Crippen molar-refractivity contribution >= 4 is 17.8 Å². The number of alkyl carbamates (subject to hydrolysis) is 1. The number of aliphatic imine (C=N–C) groups is 1. The Hall–Kier alpha value is -1.79. The Bertz CT molecular complexity index is 436. The number of methoxy groups -OCH3 is 1. The van der Waals surface area contributed by atoms with Gasteiger partial charge in [0.05, 0.1) is 19.7 Å². The fraction of sp³-hybridized carbons (Fsp3) is 0.786. The molecule has 2 heterocycles. The first-order chi connectivity index (χ1) is 10.0. The Morgan fingerprint density at radius 3 is 2.81 bits per heavy atom. The molecule has 0 bridgehead atoms. The minimum absolute atomic E-state index is 0.00340. The Labute approximate surface area is 125 Å². The number of ether oxygens (including phenoxy) is 1. The van der Waals surface area contributed by atoms with Crippen molar-refractivity contribution in [2.45, 2.75) is 38.8 Å². The number of amides is 2. The molecule has 21 heavy (non-hydrogen) atoms. The molecule has 7 heteroatoms. The number of nitrogens with one attached hydrogen (secondary N) is 2. The van der Waals surface area contributed by atoms with Crippen LogP contribution >= 0.6 is 0 Å². The first-order valence-electron chi connectivity index (χ1n) is 7.47. The van der Waals surface area contributed by atoms with E-state index in [1.54, 1.807) is 0 Å². The molecule has 0 aliphatic carbocycles. The van der Waals surface area contributed by atoms with Crippen LogP contribution in [0.2, 0.25) is 0 Å². The average molecular weight is 296 g/mol. The number of carbonyl (C=O) groups is 2. The van der Waals surface area contributed by atoms with Crippen molar-refractivity contribution in [3.8, 4) is 0 Å². The molecular weight excluding hydrogens is 272 g/mol. The lowest BCUT2D eigenvalue weighted by Gasteiger charge is -2.30. The van der Waals surface area contributed by atoms with Crippen LogP contribution in [0.3, 0.4) is 0 Å². The molecule has 0 saturated carbocycles. The van der Waals surface area contributed by atoms with Crippen LogP contribution in [-0.2, 0) is 9.53 Å². The number of rotatable bonds is 4. The second-order valence-corrected chi connectivity index (χ2v) is 5.74. The van der Waals surface area contributed by atoms with E-state index in [-0.39, 0.29) is 17.9 Å². The largest absolute Gasteiger partial charge is 0.453 e. The predicted molar refractivity (Wildman–Crippen MR) is 79.2 cm³/mol. The highest BCUT2D eigenvalue weighted by Crippen LogP contribution is 2.21. The molecule has 0 radical (unpaired) electrons. The summed E-state index contributed by atoms with van der Waals surface area (Å²) < 4.78 is 4.61. The summed E-state index contributed by atoms with van der Waals surface area (Å²) in [7, 11) is 1.30. The molecular formula is C14H24N4O3. The van der Waals surface area contributed by atoms with Gasteiger partial charge in [-0.15, -0.1) is 0 Å². The summed E-state index contributed by atoms with van der Waals surface area (Å²) in [5.74, 6) is 0.840. The lowest BCUT2D eigenvalue weighted by atomic mass is 10.0. The summed E-state index contributed by atoms with van der Waals surface area (Å²) >= 11 is 0. The lowest BCUT2D eigenvalue weighted by Crippen LogP contribution is -2.54. The van der Waals surface area contributed by atoms with Gasteiger partial charge in [0.25, 0.3) is 0 Å². The van der Waals surface area contributed by atoms with E-state index in [1.165, 1.54) is 7.11 Å². The highest BCUT2D eigenvalue weighted by Gasteiger charge is 2.38. The highest BCUT2D eigenvalue weighted by atomic mass is 16.5. The van der Waals surface area contributed by atoms with E-state index in [9.17, 15) is 9.59 Å². The maximum Gasteiger partial charge on any atom is 0.407 e. The number of amidine groups is 1. The van der Waals surface area contributed by atoms with Crippen molar-refractivity contribution < 1.29 is 14.3 Å². The average Bonchev–Trinajstić information content (AvgIpc) is 3.12. The van der Waals surface area contributed by atoms with Gasteiger partial charge in [-0.05, 0) is 18.8 Å². The molecule has 0 aromatic carbocycles. The third kappa shape index (κ3) is 3.46. The van der Waals surface area contributed by atoms with Crippen LogP contribution in [0.4, 0.5) is 4.79 Å². The number of carbonyl (C=O) groups excluding carboxylic acids is 2. The Kier molecular flexibility index (Phi) is 5.03. The van der Waals surface area contributed by atoms with Gasteiger partial charge in [-0.2, -0.15) is 0 Å². The van der Waals surface area contributed by atoms with Gasteiger partial charge in [0.15, 0.2) is 0 Å². The molecule has 2 aliphatic heterocycles. The predicted octanol–water partition coefficient (Wildman–Crippen LogP) is 0.360. The monoisotopic (exact) mass is 296 g/mol. The van der Waals surface area contributed by atoms with Crippen molar-refractivity contribution in [1.29, 1.82) is 0 Å². The van der Waals surface area contributed by atoms with Crippen molar-refractivity contribution in [1.82, 2.24) is 15.5 Å². The molecule has 0 spiro atoms. The molecule has 0 aromatic heterocycles. The standard InChI is InChI=1S/C14H24N4O3/c1-9(2)11(17-14(20)21-3)13(19)18-8-4-5-10(18)12-15-6-7-16-12/h9-11H,4-8H2,1-3H3,(H,15,16)(H,17,20)/t10-,11-/m1/s1. The van der Waals surface area contributed by atoms with E-state index < -0.39 is 12.1 Å². The van der Waals surface area contributed by atoms with Crippen LogP contribution in [0.5, 0.6) is 0 Å². The van der Waals surface area contributed by atoms with E-state index in [1.807, 2.05) is 18.7 Å². The number of hydrogen-bond acceptors (Lipinski definition) is 5. The smallest absolute Gasteiger partial charge is 0.407 e. The molecule has 2 N–H and O–H groups in total. The van der Waals surface area contributed by atoms with Gasteiger partial charge in [-0.3, -0.25) is 9.79 Å². The van der Waals surface area contributed by atoms with Gasteiger partial charge in [-0.25, -0.2) is 4.79 Å². The highest BCUT2D eigenvalue weighted by molar-refractivity contribution is 5.95. The lowest BCUT2D eigenvalue weighted by molar-refractivity contribution is -0.134. The van der Waals surface area contributed by atoms with Gasteiger partial charge in [0.1, 0.15) is 11.9 Å². The van der Waals surface area contributed by atoms with Crippen molar-refractivity contribution in [2.75, 3.05) is 26.7 Å². The van der Waals surface area contributed by atoms with Crippen molar-refractivity contribution in [3.63, 3.8) is 0 Å².